The molecule has 0 unspecified atom stereocenters. The molecule has 0 aromatic heterocycles. The fourth-order valence-electron chi connectivity index (χ4n) is 1.54. The normalized spacial score (nSPS) is 12.6. The standard InChI is InChI=1S/C15H23NO/c1-14(2,3)12-8-6-11(7-9-12)10-13(17)15(4,5)16/h6-9H,10,16H2,1-5H3. The van der Waals surface area contributed by atoms with Gasteiger partial charge in [-0.3, -0.25) is 4.79 Å². The first-order chi connectivity index (χ1) is 7.60. The molecule has 1 aromatic rings. The van der Waals surface area contributed by atoms with Crippen LogP contribution in [0.3, 0.4) is 0 Å². The molecule has 0 amide bonds. The van der Waals surface area contributed by atoms with Crippen molar-refractivity contribution < 1.29 is 4.79 Å². The molecular formula is C15H23NO. The first-order valence-electron chi connectivity index (χ1n) is 6.02. The van der Waals surface area contributed by atoms with Gasteiger partial charge in [0.1, 0.15) is 0 Å². The Morgan fingerprint density at radius 1 is 1.06 bits per heavy atom. The highest BCUT2D eigenvalue weighted by Gasteiger charge is 2.21. The van der Waals surface area contributed by atoms with Gasteiger partial charge in [-0.15, -0.1) is 0 Å². The van der Waals surface area contributed by atoms with Crippen molar-refractivity contribution in [1.82, 2.24) is 0 Å². The van der Waals surface area contributed by atoms with Gasteiger partial charge in [0.15, 0.2) is 5.78 Å². The molecule has 0 saturated heterocycles. The monoisotopic (exact) mass is 233 g/mol. The van der Waals surface area contributed by atoms with Crippen molar-refractivity contribution in [3.05, 3.63) is 35.4 Å². The van der Waals surface area contributed by atoms with Crippen LogP contribution in [-0.2, 0) is 16.6 Å². The summed E-state index contributed by atoms with van der Waals surface area (Å²) < 4.78 is 0. The van der Waals surface area contributed by atoms with Gasteiger partial charge in [0.2, 0.25) is 0 Å². The summed E-state index contributed by atoms with van der Waals surface area (Å²) in [5.41, 5.74) is 7.49. The van der Waals surface area contributed by atoms with E-state index in [2.05, 4.69) is 32.9 Å². The summed E-state index contributed by atoms with van der Waals surface area (Å²) in [7, 11) is 0. The van der Waals surface area contributed by atoms with Crippen LogP contribution in [0.1, 0.15) is 45.7 Å². The number of rotatable bonds is 3. The Hall–Kier alpha value is -1.15. The molecule has 2 nitrogen and oxygen atoms in total. The second kappa shape index (κ2) is 4.61. The summed E-state index contributed by atoms with van der Waals surface area (Å²) in [6.45, 7) is 10.0. The van der Waals surface area contributed by atoms with Crippen LogP contribution in [0.2, 0.25) is 0 Å². The molecule has 1 aromatic carbocycles. The van der Waals surface area contributed by atoms with Gasteiger partial charge in [0.25, 0.3) is 0 Å². The predicted octanol–water partition coefficient (Wildman–Crippen LogP) is 2.83. The van der Waals surface area contributed by atoms with E-state index in [9.17, 15) is 4.79 Å². The van der Waals surface area contributed by atoms with Gasteiger partial charge in [0, 0.05) is 6.42 Å². The molecule has 0 heterocycles. The summed E-state index contributed by atoms with van der Waals surface area (Å²) in [5.74, 6) is 0.0704. The number of nitrogens with two attached hydrogens (primary N) is 1. The zero-order valence-electron chi connectivity index (χ0n) is 11.5. The zero-order chi connectivity index (χ0) is 13.3. The maximum absolute atomic E-state index is 11.8. The van der Waals surface area contributed by atoms with Gasteiger partial charge >= 0.3 is 0 Å². The van der Waals surface area contributed by atoms with Crippen molar-refractivity contribution in [3.8, 4) is 0 Å². The van der Waals surface area contributed by atoms with Crippen LogP contribution in [0.25, 0.3) is 0 Å². The Labute approximate surface area is 104 Å². The number of ketones is 1. The third-order valence-electron chi connectivity index (χ3n) is 2.90. The van der Waals surface area contributed by atoms with E-state index in [0.29, 0.717) is 6.42 Å². The van der Waals surface area contributed by atoms with Gasteiger partial charge in [-0.25, -0.2) is 0 Å². The lowest BCUT2D eigenvalue weighted by Crippen LogP contribution is -2.42. The summed E-state index contributed by atoms with van der Waals surface area (Å²) in [6, 6.07) is 8.21. The molecule has 94 valence electrons. The molecule has 0 spiro atoms. The van der Waals surface area contributed by atoms with Crippen molar-refractivity contribution in [3.63, 3.8) is 0 Å². The summed E-state index contributed by atoms with van der Waals surface area (Å²) in [6.07, 6.45) is 0.411. The van der Waals surface area contributed by atoms with Gasteiger partial charge in [-0.2, -0.15) is 0 Å². The Kier molecular flexibility index (Phi) is 3.78. The van der Waals surface area contributed by atoms with Crippen LogP contribution in [0.5, 0.6) is 0 Å². The summed E-state index contributed by atoms with van der Waals surface area (Å²) in [4.78, 5) is 11.8. The number of hydrogen-bond acceptors (Lipinski definition) is 2. The molecular weight excluding hydrogens is 210 g/mol. The van der Waals surface area contributed by atoms with Crippen LogP contribution < -0.4 is 5.73 Å². The minimum absolute atomic E-state index is 0.0704. The van der Waals surface area contributed by atoms with E-state index in [1.165, 1.54) is 5.56 Å². The number of hydrogen-bond donors (Lipinski definition) is 1. The van der Waals surface area contributed by atoms with E-state index in [0.717, 1.165) is 5.56 Å². The summed E-state index contributed by atoms with van der Waals surface area (Å²) in [5, 5.41) is 0. The highest BCUT2D eigenvalue weighted by atomic mass is 16.1. The Morgan fingerprint density at radius 3 is 1.88 bits per heavy atom. The van der Waals surface area contributed by atoms with Crippen molar-refractivity contribution in [2.75, 3.05) is 0 Å². The van der Waals surface area contributed by atoms with Crippen molar-refractivity contribution >= 4 is 5.78 Å². The van der Waals surface area contributed by atoms with Crippen LogP contribution in [0, 0.1) is 0 Å². The molecule has 0 saturated carbocycles. The molecule has 0 fully saturated rings. The lowest BCUT2D eigenvalue weighted by molar-refractivity contribution is -0.122. The lowest BCUT2D eigenvalue weighted by Gasteiger charge is -2.20. The van der Waals surface area contributed by atoms with Crippen LogP contribution in [0.4, 0.5) is 0 Å². The van der Waals surface area contributed by atoms with E-state index in [-0.39, 0.29) is 11.2 Å². The first-order valence-corrected chi connectivity index (χ1v) is 6.02. The molecule has 0 atom stereocenters. The average molecular weight is 233 g/mol. The number of carbonyl (C=O) groups is 1. The maximum Gasteiger partial charge on any atom is 0.156 e. The fourth-order valence-corrected chi connectivity index (χ4v) is 1.54. The molecule has 1 rings (SSSR count). The van der Waals surface area contributed by atoms with Crippen LogP contribution >= 0.6 is 0 Å². The Morgan fingerprint density at radius 2 is 1.53 bits per heavy atom. The summed E-state index contributed by atoms with van der Waals surface area (Å²) >= 11 is 0. The quantitative estimate of drug-likeness (QED) is 0.872. The van der Waals surface area contributed by atoms with E-state index >= 15 is 0 Å². The molecule has 0 aliphatic carbocycles. The molecule has 0 radical (unpaired) electrons. The third-order valence-corrected chi connectivity index (χ3v) is 2.90. The third kappa shape index (κ3) is 3.97. The van der Waals surface area contributed by atoms with Crippen LogP contribution in [-0.4, -0.2) is 11.3 Å². The topological polar surface area (TPSA) is 43.1 Å². The van der Waals surface area contributed by atoms with Crippen molar-refractivity contribution in [1.29, 1.82) is 0 Å². The van der Waals surface area contributed by atoms with Crippen LogP contribution in [0.15, 0.2) is 24.3 Å². The second-order valence-electron chi connectivity index (χ2n) is 6.27. The fraction of sp³-hybridized carbons (Fsp3) is 0.533. The van der Waals surface area contributed by atoms with Crippen molar-refractivity contribution in [2.45, 2.75) is 52.0 Å². The number of benzene rings is 1. The molecule has 0 aliphatic rings. The molecule has 17 heavy (non-hydrogen) atoms. The zero-order valence-corrected chi connectivity index (χ0v) is 11.5. The lowest BCUT2D eigenvalue weighted by atomic mass is 9.86. The van der Waals surface area contributed by atoms with Gasteiger partial charge in [0.05, 0.1) is 5.54 Å². The Bertz CT molecular complexity index is 390. The minimum atomic E-state index is -0.747. The highest BCUT2D eigenvalue weighted by molar-refractivity contribution is 5.89. The minimum Gasteiger partial charge on any atom is -0.319 e. The molecule has 0 aliphatic heterocycles. The first kappa shape index (κ1) is 13.9. The van der Waals surface area contributed by atoms with E-state index in [1.807, 2.05) is 12.1 Å². The van der Waals surface area contributed by atoms with E-state index in [1.54, 1.807) is 13.8 Å². The van der Waals surface area contributed by atoms with E-state index < -0.39 is 5.54 Å². The van der Waals surface area contributed by atoms with Gasteiger partial charge in [-0.05, 0) is 30.4 Å². The smallest absolute Gasteiger partial charge is 0.156 e. The van der Waals surface area contributed by atoms with E-state index in [4.69, 9.17) is 5.73 Å². The SMILES string of the molecule is CC(C)(N)C(=O)Cc1ccc(C(C)(C)C)cc1. The molecule has 0 bridgehead atoms. The molecule has 2 heteroatoms. The number of Topliss-reactive ketones (excluding diaryl/α,β-unsaturated/α-hetero) is 1. The Balaban J connectivity index is 2.80. The largest absolute Gasteiger partial charge is 0.319 e. The highest BCUT2D eigenvalue weighted by Crippen LogP contribution is 2.22. The second-order valence-corrected chi connectivity index (χ2v) is 6.27. The van der Waals surface area contributed by atoms with Gasteiger partial charge in [-0.1, -0.05) is 45.0 Å². The predicted molar refractivity (Wildman–Crippen MR) is 72.1 cm³/mol. The van der Waals surface area contributed by atoms with Gasteiger partial charge < -0.3 is 5.73 Å². The van der Waals surface area contributed by atoms with Crippen molar-refractivity contribution in [2.24, 2.45) is 5.73 Å². The average Bonchev–Trinajstić information content (AvgIpc) is 2.15. The molecule has 2 N–H and O–H groups in total. The maximum atomic E-state index is 11.8. The number of carbonyl (C=O) groups excluding carboxylic acids is 1.